The van der Waals surface area contributed by atoms with Crippen LogP contribution in [0.25, 0.3) is 0 Å². The molecule has 0 aromatic heterocycles. The Bertz CT molecular complexity index is 798. The van der Waals surface area contributed by atoms with Crippen LogP contribution >= 0.6 is 0 Å². The molecule has 27 heavy (non-hydrogen) atoms. The van der Waals surface area contributed by atoms with Crippen molar-refractivity contribution in [2.75, 3.05) is 18.5 Å². The molecular weight excluding hydrogens is 357 g/mol. The minimum absolute atomic E-state index is 0.000195. The van der Waals surface area contributed by atoms with Crippen LogP contribution in [0.5, 0.6) is 0 Å². The van der Waals surface area contributed by atoms with Crippen LogP contribution in [0.4, 0.5) is 24.5 Å². The predicted octanol–water partition coefficient (Wildman–Crippen LogP) is 4.49. The number of benzene rings is 2. The first-order chi connectivity index (χ1) is 12.8. The van der Waals surface area contributed by atoms with Gasteiger partial charge in [-0.2, -0.15) is 13.2 Å². The summed E-state index contributed by atoms with van der Waals surface area (Å²) >= 11 is 0. The van der Waals surface area contributed by atoms with Crippen molar-refractivity contribution in [3.8, 4) is 0 Å². The molecule has 7 heteroatoms. The van der Waals surface area contributed by atoms with E-state index in [0.717, 1.165) is 11.6 Å². The molecule has 0 spiro atoms. The molecule has 1 amide bonds. The fourth-order valence-electron chi connectivity index (χ4n) is 2.94. The Balaban J connectivity index is 1.62. The highest BCUT2D eigenvalue weighted by Gasteiger charge is 2.37. The molecule has 0 unspecified atom stereocenters. The van der Waals surface area contributed by atoms with Crippen LogP contribution in [0.15, 0.2) is 48.5 Å². The number of carbonyl (C=O) groups is 1. The summed E-state index contributed by atoms with van der Waals surface area (Å²) in [4.78, 5) is 12.3. The van der Waals surface area contributed by atoms with Gasteiger partial charge in [0.05, 0.1) is 23.3 Å². The largest absolute Gasteiger partial charge is 0.418 e. The third-order valence-corrected chi connectivity index (χ3v) is 4.69. The number of para-hydroxylation sites is 1. The normalized spacial score (nSPS) is 19.7. The molecule has 0 radical (unpaired) electrons. The first-order valence-corrected chi connectivity index (χ1v) is 8.66. The molecule has 0 bridgehead atoms. The fourth-order valence-corrected chi connectivity index (χ4v) is 2.94. The lowest BCUT2D eigenvalue weighted by Gasteiger charge is -2.20. The monoisotopic (exact) mass is 378 g/mol. The van der Waals surface area contributed by atoms with Crippen LogP contribution in [0.2, 0.25) is 0 Å². The Kier molecular flexibility index (Phi) is 5.41. The van der Waals surface area contributed by atoms with Crippen molar-refractivity contribution >= 4 is 17.3 Å². The summed E-state index contributed by atoms with van der Waals surface area (Å²) in [5.41, 5.74) is 0.190. The van der Waals surface area contributed by atoms with Crippen molar-refractivity contribution in [1.29, 1.82) is 0 Å². The summed E-state index contributed by atoms with van der Waals surface area (Å²) in [6.07, 6.45) is -3.73. The molecule has 1 heterocycles. The van der Waals surface area contributed by atoms with Gasteiger partial charge in [0, 0.05) is 18.8 Å². The van der Waals surface area contributed by atoms with E-state index in [2.05, 4.69) is 10.6 Å². The Morgan fingerprint density at radius 1 is 1.15 bits per heavy atom. The molecule has 4 nitrogen and oxygen atoms in total. The molecule has 1 aliphatic rings. The third-order valence-electron chi connectivity index (χ3n) is 4.69. The van der Waals surface area contributed by atoms with Gasteiger partial charge in [0.15, 0.2) is 0 Å². The minimum atomic E-state index is -4.42. The summed E-state index contributed by atoms with van der Waals surface area (Å²) in [7, 11) is 0. The summed E-state index contributed by atoms with van der Waals surface area (Å²) in [5.74, 6) is -0.0543. The number of alkyl halides is 3. The Morgan fingerprint density at radius 3 is 2.48 bits per heavy atom. The summed E-state index contributed by atoms with van der Waals surface area (Å²) < 4.78 is 44.5. The first-order valence-electron chi connectivity index (χ1n) is 8.66. The quantitative estimate of drug-likeness (QED) is 0.806. The SMILES string of the molecule is C[C@@]1(C(=O)NCc2ccc(Nc3ccccc3C(F)(F)F)cc2)CCOC1. The van der Waals surface area contributed by atoms with E-state index in [1.165, 1.54) is 12.1 Å². The van der Waals surface area contributed by atoms with Gasteiger partial charge in [-0.25, -0.2) is 0 Å². The van der Waals surface area contributed by atoms with Gasteiger partial charge in [-0.3, -0.25) is 4.79 Å². The zero-order valence-corrected chi connectivity index (χ0v) is 14.9. The van der Waals surface area contributed by atoms with Crippen molar-refractivity contribution in [2.24, 2.45) is 5.41 Å². The lowest BCUT2D eigenvalue weighted by molar-refractivity contribution is -0.137. The number of halogens is 3. The van der Waals surface area contributed by atoms with Crippen molar-refractivity contribution in [3.63, 3.8) is 0 Å². The number of hydrogen-bond acceptors (Lipinski definition) is 3. The van der Waals surface area contributed by atoms with E-state index in [1.807, 2.05) is 6.92 Å². The standard InChI is InChI=1S/C20H21F3N2O2/c1-19(10-11-27-13-19)18(26)24-12-14-6-8-15(9-7-14)25-17-5-3-2-4-16(17)20(21,22)23/h2-9,25H,10-13H2,1H3,(H,24,26)/t19-/m1/s1. The number of anilines is 2. The molecule has 2 aromatic rings. The Labute approximate surface area is 155 Å². The molecule has 2 aromatic carbocycles. The van der Waals surface area contributed by atoms with Gasteiger partial charge in [-0.1, -0.05) is 24.3 Å². The van der Waals surface area contributed by atoms with Gasteiger partial charge >= 0.3 is 6.18 Å². The molecule has 144 valence electrons. The van der Waals surface area contributed by atoms with Crippen LogP contribution in [0.3, 0.4) is 0 Å². The van der Waals surface area contributed by atoms with E-state index < -0.39 is 17.2 Å². The highest BCUT2D eigenvalue weighted by Crippen LogP contribution is 2.35. The maximum Gasteiger partial charge on any atom is 0.418 e. The second kappa shape index (κ2) is 7.60. The highest BCUT2D eigenvalue weighted by atomic mass is 19.4. The summed E-state index contributed by atoms with van der Waals surface area (Å²) in [5, 5.41) is 5.69. The van der Waals surface area contributed by atoms with Gasteiger partial charge < -0.3 is 15.4 Å². The average Bonchev–Trinajstić information content (AvgIpc) is 3.08. The number of rotatable bonds is 5. The summed E-state index contributed by atoms with van der Waals surface area (Å²) in [6.45, 7) is 3.23. The zero-order valence-electron chi connectivity index (χ0n) is 14.9. The van der Waals surface area contributed by atoms with E-state index in [4.69, 9.17) is 4.74 Å². The smallest absolute Gasteiger partial charge is 0.380 e. The van der Waals surface area contributed by atoms with Crippen LogP contribution in [0.1, 0.15) is 24.5 Å². The van der Waals surface area contributed by atoms with Gasteiger partial charge in [-0.15, -0.1) is 0 Å². The molecule has 0 aliphatic carbocycles. The number of carbonyl (C=O) groups excluding carboxylic acids is 1. The van der Waals surface area contributed by atoms with E-state index in [-0.39, 0.29) is 11.6 Å². The molecule has 0 saturated carbocycles. The maximum absolute atomic E-state index is 13.1. The van der Waals surface area contributed by atoms with E-state index >= 15 is 0 Å². The van der Waals surface area contributed by atoms with Gasteiger partial charge in [0.1, 0.15) is 0 Å². The number of hydrogen-bond donors (Lipinski definition) is 2. The van der Waals surface area contributed by atoms with Crippen molar-refractivity contribution in [2.45, 2.75) is 26.1 Å². The van der Waals surface area contributed by atoms with Gasteiger partial charge in [0.2, 0.25) is 5.91 Å². The third kappa shape index (κ3) is 4.60. The van der Waals surface area contributed by atoms with Gasteiger partial charge in [0.25, 0.3) is 0 Å². The first kappa shape index (κ1) is 19.2. The molecule has 2 N–H and O–H groups in total. The molecule has 1 aliphatic heterocycles. The predicted molar refractivity (Wildman–Crippen MR) is 96.6 cm³/mol. The second-order valence-corrected chi connectivity index (χ2v) is 6.91. The van der Waals surface area contributed by atoms with Crippen molar-refractivity contribution in [1.82, 2.24) is 5.32 Å². The summed E-state index contributed by atoms with van der Waals surface area (Å²) in [6, 6.07) is 12.3. The topological polar surface area (TPSA) is 50.4 Å². The Hall–Kier alpha value is -2.54. The Morgan fingerprint density at radius 2 is 1.85 bits per heavy atom. The lowest BCUT2D eigenvalue weighted by Crippen LogP contribution is -2.38. The average molecular weight is 378 g/mol. The molecule has 1 fully saturated rings. The molecular formula is C20H21F3N2O2. The molecule has 1 atom stereocenters. The van der Waals surface area contributed by atoms with Gasteiger partial charge in [-0.05, 0) is 43.2 Å². The highest BCUT2D eigenvalue weighted by molar-refractivity contribution is 5.82. The van der Waals surface area contributed by atoms with E-state index in [9.17, 15) is 18.0 Å². The lowest BCUT2D eigenvalue weighted by atomic mass is 9.89. The van der Waals surface area contributed by atoms with E-state index in [0.29, 0.717) is 31.9 Å². The molecule has 3 rings (SSSR count). The second-order valence-electron chi connectivity index (χ2n) is 6.91. The number of ether oxygens (including phenoxy) is 1. The van der Waals surface area contributed by atoms with Crippen LogP contribution in [0, 0.1) is 5.41 Å². The molecule has 1 saturated heterocycles. The van der Waals surface area contributed by atoms with Crippen LogP contribution in [-0.2, 0) is 22.3 Å². The van der Waals surface area contributed by atoms with Crippen LogP contribution in [-0.4, -0.2) is 19.1 Å². The van der Waals surface area contributed by atoms with Crippen molar-refractivity contribution < 1.29 is 22.7 Å². The fraction of sp³-hybridized carbons (Fsp3) is 0.350. The number of amides is 1. The maximum atomic E-state index is 13.1. The minimum Gasteiger partial charge on any atom is -0.380 e. The number of nitrogens with one attached hydrogen (secondary N) is 2. The zero-order chi connectivity index (χ0) is 19.5. The van der Waals surface area contributed by atoms with E-state index in [1.54, 1.807) is 30.3 Å². The van der Waals surface area contributed by atoms with Crippen LogP contribution < -0.4 is 10.6 Å². The van der Waals surface area contributed by atoms with Crippen molar-refractivity contribution in [3.05, 3.63) is 59.7 Å².